The van der Waals surface area contributed by atoms with Gasteiger partial charge in [0.15, 0.2) is 0 Å². The minimum atomic E-state index is -5.31. The summed E-state index contributed by atoms with van der Waals surface area (Å²) in [5, 5.41) is 2.06. The van der Waals surface area contributed by atoms with E-state index in [1.165, 1.54) is 30.9 Å². The third-order valence-electron chi connectivity index (χ3n) is 6.88. The van der Waals surface area contributed by atoms with Gasteiger partial charge in [-0.3, -0.25) is 14.4 Å². The fourth-order valence-corrected chi connectivity index (χ4v) is 4.35. The van der Waals surface area contributed by atoms with Crippen LogP contribution in [0.25, 0.3) is 0 Å². The summed E-state index contributed by atoms with van der Waals surface area (Å²) >= 11 is 0. The highest BCUT2D eigenvalue weighted by molar-refractivity contribution is 5.97. The molecule has 13 heteroatoms. The number of rotatable bonds is 5. The van der Waals surface area contributed by atoms with Crippen molar-refractivity contribution in [3.63, 3.8) is 0 Å². The van der Waals surface area contributed by atoms with Crippen molar-refractivity contribution in [2.45, 2.75) is 51.7 Å². The van der Waals surface area contributed by atoms with Crippen molar-refractivity contribution < 1.29 is 41.6 Å². The Morgan fingerprint density at radius 3 is 2.43 bits per heavy atom. The van der Waals surface area contributed by atoms with Crippen LogP contribution in [0.5, 0.6) is 0 Å². The molecular formula is C24H25F4N4O5+. The number of nitrogens with zero attached hydrogens (tertiary/aromatic N) is 3. The molecule has 1 aliphatic carbocycles. The van der Waals surface area contributed by atoms with Crippen LogP contribution < -0.4 is 15.2 Å². The quantitative estimate of drug-likeness (QED) is 0.469. The number of alkyl halides is 3. The molecule has 1 N–H and O–H groups in total. The number of carbonyl (C=O) groups excluding carboxylic acids is 3. The number of halogens is 4. The average Bonchev–Trinajstić information content (AvgIpc) is 2.80. The Bertz CT molecular complexity index is 1320. The molecule has 2 aromatic rings. The number of benzene rings is 1. The minimum Gasteiger partial charge on any atom is -0.336 e. The van der Waals surface area contributed by atoms with E-state index in [4.69, 9.17) is 0 Å². The zero-order chi connectivity index (χ0) is 27.1. The fourth-order valence-electron chi connectivity index (χ4n) is 4.35. The summed E-state index contributed by atoms with van der Waals surface area (Å²) in [5.74, 6) is -4.26. The van der Waals surface area contributed by atoms with Crippen LogP contribution in [-0.2, 0) is 16.0 Å². The lowest BCUT2D eigenvalue weighted by Gasteiger charge is -2.42. The first-order valence-electron chi connectivity index (χ1n) is 11.7. The Morgan fingerprint density at radius 2 is 1.84 bits per heavy atom. The number of hydrogen-bond donors (Lipinski definition) is 1. The van der Waals surface area contributed by atoms with E-state index >= 15 is 0 Å². The highest BCUT2D eigenvalue weighted by atomic mass is 19.4. The highest BCUT2D eigenvalue weighted by Gasteiger charge is 2.46. The number of carbonyl (C=O) groups is 3. The van der Waals surface area contributed by atoms with Crippen molar-refractivity contribution in [1.82, 2.24) is 14.9 Å². The molecule has 0 radical (unpaired) electrons. The van der Waals surface area contributed by atoms with Crippen LogP contribution in [0.3, 0.4) is 0 Å². The van der Waals surface area contributed by atoms with Gasteiger partial charge in [0, 0.05) is 30.3 Å². The van der Waals surface area contributed by atoms with Gasteiger partial charge < -0.3 is 9.80 Å². The molecule has 1 saturated carbocycles. The lowest BCUT2D eigenvalue weighted by Crippen LogP contribution is -2.58. The largest absolute Gasteiger partial charge is 0.498 e. The smallest absolute Gasteiger partial charge is 0.336 e. The van der Waals surface area contributed by atoms with Crippen molar-refractivity contribution in [2.75, 3.05) is 19.6 Å². The molecule has 198 valence electrons. The summed E-state index contributed by atoms with van der Waals surface area (Å²) in [6.07, 6.45) is -2.60. The van der Waals surface area contributed by atoms with Gasteiger partial charge >= 0.3 is 17.7 Å². The molecule has 1 aliphatic heterocycles. The van der Waals surface area contributed by atoms with Gasteiger partial charge in [0.25, 0.3) is 11.6 Å². The lowest BCUT2D eigenvalue weighted by molar-refractivity contribution is -0.921. The fraction of sp³-hybridized carbons (Fsp3) is 0.458. The Labute approximate surface area is 208 Å². The maximum absolute atomic E-state index is 14.7. The van der Waals surface area contributed by atoms with E-state index in [1.807, 2.05) is 0 Å². The van der Waals surface area contributed by atoms with E-state index in [0.717, 1.165) is 25.3 Å². The molecular weight excluding hydrogens is 500 g/mol. The first-order valence-corrected chi connectivity index (χ1v) is 11.7. The van der Waals surface area contributed by atoms with Gasteiger partial charge in [-0.2, -0.15) is 18.0 Å². The van der Waals surface area contributed by atoms with Crippen LogP contribution in [0.4, 0.5) is 17.6 Å². The average molecular weight is 525 g/mol. The van der Waals surface area contributed by atoms with Gasteiger partial charge in [-0.05, 0) is 50.8 Å². The van der Waals surface area contributed by atoms with Gasteiger partial charge in [0.05, 0.1) is 12.0 Å². The highest BCUT2D eigenvalue weighted by Crippen LogP contribution is 2.27. The van der Waals surface area contributed by atoms with E-state index in [9.17, 15) is 36.7 Å². The molecule has 2 heterocycles. The summed E-state index contributed by atoms with van der Waals surface area (Å²) in [6.45, 7) is 3.33. The summed E-state index contributed by atoms with van der Waals surface area (Å²) in [6, 6.07) is 3.78. The molecule has 37 heavy (non-hydrogen) atoms. The maximum Gasteiger partial charge on any atom is 0.498 e. The zero-order valence-corrected chi connectivity index (χ0v) is 20.2. The van der Waals surface area contributed by atoms with E-state index < -0.39 is 29.4 Å². The van der Waals surface area contributed by atoms with Crippen LogP contribution in [-0.4, -0.2) is 64.5 Å². The molecule has 0 unspecified atom stereocenters. The van der Waals surface area contributed by atoms with Crippen LogP contribution in [0.15, 0.2) is 23.0 Å². The number of hydrogen-bond acceptors (Lipinski definition) is 5. The summed E-state index contributed by atoms with van der Waals surface area (Å²) in [7, 11) is 0. The third-order valence-corrected chi connectivity index (χ3v) is 6.88. The molecule has 9 nitrogen and oxygen atoms in total. The van der Waals surface area contributed by atoms with Gasteiger partial charge in [-0.15, -0.1) is 0 Å². The summed E-state index contributed by atoms with van der Waals surface area (Å²) in [5.41, 5.74) is -0.360. The second-order valence-corrected chi connectivity index (χ2v) is 9.20. The molecule has 0 spiro atoms. The topological polar surface area (TPSA) is 104 Å². The molecule has 1 saturated heterocycles. The minimum absolute atomic E-state index is 0.0102. The standard InChI is InChI=1S/C24H24F4N4O5/c1-13-14(2)21(34)29-32(37-23(36)24(26,27)28)19(13)11-15-6-7-18(25)17(10-15)22(35)30-8-9-31(20(33)12-30)16-4-3-5-16/h6-7,10,16H,3-5,8-9,11-12H2,1-2H3/p+1. The predicted octanol–water partition coefficient (Wildman–Crippen LogP) is 1.36. The Morgan fingerprint density at radius 1 is 1.14 bits per heavy atom. The van der Waals surface area contributed by atoms with Crippen molar-refractivity contribution in [1.29, 1.82) is 0 Å². The van der Waals surface area contributed by atoms with Crippen LogP contribution in [0.1, 0.15) is 52.0 Å². The zero-order valence-electron chi connectivity index (χ0n) is 20.2. The molecule has 1 aromatic carbocycles. The first kappa shape index (κ1) is 26.3. The van der Waals surface area contributed by atoms with Crippen LogP contribution in [0, 0.1) is 19.7 Å². The predicted molar refractivity (Wildman–Crippen MR) is 119 cm³/mol. The van der Waals surface area contributed by atoms with Crippen molar-refractivity contribution >= 4 is 17.8 Å². The van der Waals surface area contributed by atoms with Gasteiger partial charge in [0.1, 0.15) is 17.2 Å². The van der Waals surface area contributed by atoms with Gasteiger partial charge in [0.2, 0.25) is 5.91 Å². The van der Waals surface area contributed by atoms with Crippen LogP contribution >= 0.6 is 0 Å². The monoisotopic (exact) mass is 525 g/mol. The van der Waals surface area contributed by atoms with E-state index in [0.29, 0.717) is 17.0 Å². The normalized spacial score (nSPS) is 16.5. The van der Waals surface area contributed by atoms with E-state index in [-0.39, 0.29) is 53.8 Å². The molecule has 1 aromatic heterocycles. The number of aromatic nitrogens is 2. The third kappa shape index (κ3) is 5.35. The molecule has 0 bridgehead atoms. The van der Waals surface area contributed by atoms with E-state index in [1.54, 1.807) is 4.90 Å². The van der Waals surface area contributed by atoms with Gasteiger partial charge in [-0.1, -0.05) is 11.2 Å². The molecule has 4 rings (SSSR count). The maximum atomic E-state index is 14.7. The molecule has 0 atom stereocenters. The molecule has 2 fully saturated rings. The lowest BCUT2D eigenvalue weighted by atomic mass is 9.91. The summed E-state index contributed by atoms with van der Waals surface area (Å²) < 4.78 is 53.0. The SMILES string of the molecule is Cc1c(C)c(=O)[nH][n+](OC(=O)C(F)(F)F)c1Cc1ccc(F)c(C(=O)N2CCN(C3CCC3)C(=O)C2)c1. The number of piperazine rings is 1. The number of nitrogens with one attached hydrogen (secondary N) is 1. The van der Waals surface area contributed by atoms with E-state index in [2.05, 4.69) is 9.94 Å². The van der Waals surface area contributed by atoms with Crippen molar-refractivity contribution in [3.8, 4) is 0 Å². The van der Waals surface area contributed by atoms with Crippen LogP contribution in [0.2, 0.25) is 0 Å². The Kier molecular flexibility index (Phi) is 7.07. The molecule has 2 aliphatic rings. The number of H-pyrrole nitrogens is 1. The van der Waals surface area contributed by atoms with Crippen molar-refractivity contribution in [2.24, 2.45) is 0 Å². The number of aromatic amines is 1. The second-order valence-electron chi connectivity index (χ2n) is 9.20. The Balaban J connectivity index is 1.59. The second kappa shape index (κ2) is 9.94. The molecule has 2 amide bonds. The van der Waals surface area contributed by atoms with Crippen molar-refractivity contribution in [3.05, 3.63) is 62.3 Å². The van der Waals surface area contributed by atoms with Gasteiger partial charge in [-0.25, -0.2) is 9.18 Å². The first-order chi connectivity index (χ1) is 17.4. The number of amides is 2. The summed E-state index contributed by atoms with van der Waals surface area (Å²) in [4.78, 5) is 56.8. The Hall–Kier alpha value is -3.77.